The van der Waals surface area contributed by atoms with E-state index in [2.05, 4.69) is 39.8 Å². The molecule has 1 fully saturated rings. The van der Waals surface area contributed by atoms with Crippen molar-refractivity contribution in [2.75, 3.05) is 0 Å². The molecule has 0 radical (unpaired) electrons. The molecule has 0 aliphatic heterocycles. The first-order valence-corrected chi connectivity index (χ1v) is 6.35. The van der Waals surface area contributed by atoms with Crippen LogP contribution < -0.4 is 0 Å². The first-order chi connectivity index (χ1) is 6.69. The molecule has 0 amide bonds. The first-order valence-electron chi connectivity index (χ1n) is 6.35. The molecule has 0 bridgehead atoms. The van der Waals surface area contributed by atoms with Crippen LogP contribution in [0.5, 0.6) is 0 Å². The molecule has 1 aliphatic carbocycles. The Hall–Kier alpha value is -0.260. The third kappa shape index (κ3) is 3.48. The van der Waals surface area contributed by atoms with E-state index in [1.165, 1.54) is 25.7 Å². The van der Waals surface area contributed by atoms with Gasteiger partial charge in [-0.1, -0.05) is 52.7 Å². The molecule has 1 saturated carbocycles. The van der Waals surface area contributed by atoms with Crippen LogP contribution in [-0.2, 0) is 0 Å². The third-order valence-corrected chi connectivity index (χ3v) is 4.01. The van der Waals surface area contributed by atoms with E-state index in [0.717, 1.165) is 23.7 Å². The maximum Gasteiger partial charge on any atom is -0.0202 e. The quantitative estimate of drug-likeness (QED) is 0.539. The summed E-state index contributed by atoms with van der Waals surface area (Å²) >= 11 is 0. The molecule has 4 atom stereocenters. The Kier molecular flexibility index (Phi) is 4.71. The summed E-state index contributed by atoms with van der Waals surface area (Å²) in [5.74, 6) is 3.69. The zero-order valence-electron chi connectivity index (χ0n) is 10.3. The number of rotatable bonds is 6. The molecule has 0 heterocycles. The van der Waals surface area contributed by atoms with E-state index in [-0.39, 0.29) is 0 Å². The van der Waals surface area contributed by atoms with E-state index in [0.29, 0.717) is 0 Å². The van der Waals surface area contributed by atoms with Gasteiger partial charge in [-0.15, -0.1) is 0 Å². The highest BCUT2D eigenvalue weighted by Crippen LogP contribution is 2.42. The van der Waals surface area contributed by atoms with Crippen molar-refractivity contribution < 1.29 is 0 Å². The van der Waals surface area contributed by atoms with Crippen molar-refractivity contribution in [3.8, 4) is 0 Å². The first kappa shape index (κ1) is 11.8. The summed E-state index contributed by atoms with van der Waals surface area (Å²) in [5.41, 5.74) is 0. The van der Waals surface area contributed by atoms with Gasteiger partial charge in [0, 0.05) is 0 Å². The zero-order valence-corrected chi connectivity index (χ0v) is 10.3. The molecular weight excluding hydrogens is 168 g/mol. The van der Waals surface area contributed by atoms with Gasteiger partial charge in [-0.3, -0.25) is 0 Å². The normalized spacial score (nSPS) is 30.6. The van der Waals surface area contributed by atoms with Crippen molar-refractivity contribution in [3.05, 3.63) is 12.2 Å². The Bertz CT molecular complexity index is 180. The molecule has 4 unspecified atom stereocenters. The van der Waals surface area contributed by atoms with Crippen molar-refractivity contribution in [2.45, 2.75) is 53.4 Å². The monoisotopic (exact) mass is 194 g/mol. The SMILES string of the molecule is CCC(C)C(C)CC=CC1CC1CC. The van der Waals surface area contributed by atoms with Crippen molar-refractivity contribution in [3.63, 3.8) is 0 Å². The molecule has 0 saturated heterocycles. The molecule has 0 nitrogen and oxygen atoms in total. The van der Waals surface area contributed by atoms with E-state index < -0.39 is 0 Å². The smallest absolute Gasteiger partial charge is 0.0202 e. The fraction of sp³-hybridized carbons (Fsp3) is 0.857. The summed E-state index contributed by atoms with van der Waals surface area (Å²) < 4.78 is 0. The van der Waals surface area contributed by atoms with Gasteiger partial charge in [-0.05, 0) is 36.5 Å². The third-order valence-electron chi connectivity index (χ3n) is 4.01. The van der Waals surface area contributed by atoms with Gasteiger partial charge >= 0.3 is 0 Å². The lowest BCUT2D eigenvalue weighted by molar-refractivity contribution is 0.380. The fourth-order valence-corrected chi connectivity index (χ4v) is 2.08. The van der Waals surface area contributed by atoms with Gasteiger partial charge in [-0.2, -0.15) is 0 Å². The largest absolute Gasteiger partial charge is 0.0880 e. The van der Waals surface area contributed by atoms with E-state index in [1.807, 2.05) is 0 Å². The minimum Gasteiger partial charge on any atom is -0.0880 e. The van der Waals surface area contributed by atoms with E-state index >= 15 is 0 Å². The van der Waals surface area contributed by atoms with Gasteiger partial charge in [0.05, 0.1) is 0 Å². The average Bonchev–Trinajstić information content (AvgIpc) is 2.95. The summed E-state index contributed by atoms with van der Waals surface area (Å²) in [6, 6.07) is 0. The van der Waals surface area contributed by atoms with Gasteiger partial charge in [0.25, 0.3) is 0 Å². The summed E-state index contributed by atoms with van der Waals surface area (Å²) in [5, 5.41) is 0. The van der Waals surface area contributed by atoms with Crippen molar-refractivity contribution in [2.24, 2.45) is 23.7 Å². The molecule has 0 aromatic carbocycles. The Balaban J connectivity index is 2.14. The van der Waals surface area contributed by atoms with Crippen LogP contribution in [0.25, 0.3) is 0 Å². The van der Waals surface area contributed by atoms with Crippen LogP contribution >= 0.6 is 0 Å². The number of hydrogen-bond acceptors (Lipinski definition) is 0. The lowest BCUT2D eigenvalue weighted by atomic mass is 9.90. The predicted molar refractivity (Wildman–Crippen MR) is 64.3 cm³/mol. The van der Waals surface area contributed by atoms with Crippen LogP contribution in [0.3, 0.4) is 0 Å². The lowest BCUT2D eigenvalue weighted by Crippen LogP contribution is -2.05. The highest BCUT2D eigenvalue weighted by molar-refractivity contribution is 5.01. The second-order valence-corrected chi connectivity index (χ2v) is 5.09. The minimum absolute atomic E-state index is 0.857. The molecule has 0 N–H and O–H groups in total. The van der Waals surface area contributed by atoms with Crippen LogP contribution in [0.4, 0.5) is 0 Å². The van der Waals surface area contributed by atoms with E-state index in [1.54, 1.807) is 0 Å². The molecule has 0 spiro atoms. The maximum absolute atomic E-state index is 2.47. The van der Waals surface area contributed by atoms with Crippen LogP contribution in [0.2, 0.25) is 0 Å². The summed E-state index contributed by atoms with van der Waals surface area (Å²) in [4.78, 5) is 0. The van der Waals surface area contributed by atoms with E-state index in [4.69, 9.17) is 0 Å². The highest BCUT2D eigenvalue weighted by atomic mass is 14.4. The van der Waals surface area contributed by atoms with Crippen molar-refractivity contribution in [1.82, 2.24) is 0 Å². The summed E-state index contributed by atoms with van der Waals surface area (Å²) in [6.07, 6.45) is 10.3. The Morgan fingerprint density at radius 1 is 1.21 bits per heavy atom. The minimum atomic E-state index is 0.857. The van der Waals surface area contributed by atoms with Crippen LogP contribution in [0, 0.1) is 23.7 Å². The molecule has 0 aromatic rings. The van der Waals surface area contributed by atoms with Gasteiger partial charge in [0.2, 0.25) is 0 Å². The van der Waals surface area contributed by atoms with Gasteiger partial charge in [0.1, 0.15) is 0 Å². The molecular formula is C14H26. The highest BCUT2D eigenvalue weighted by Gasteiger charge is 2.32. The number of allylic oxidation sites excluding steroid dienone is 2. The van der Waals surface area contributed by atoms with E-state index in [9.17, 15) is 0 Å². The second-order valence-electron chi connectivity index (χ2n) is 5.09. The molecule has 14 heavy (non-hydrogen) atoms. The zero-order chi connectivity index (χ0) is 10.6. The molecule has 1 rings (SSSR count). The fourth-order valence-electron chi connectivity index (χ4n) is 2.08. The number of hydrogen-bond donors (Lipinski definition) is 0. The lowest BCUT2D eigenvalue weighted by Gasteiger charge is -2.15. The summed E-state index contributed by atoms with van der Waals surface area (Å²) in [6.45, 7) is 9.34. The van der Waals surface area contributed by atoms with Gasteiger partial charge in [-0.25, -0.2) is 0 Å². The van der Waals surface area contributed by atoms with Gasteiger partial charge in [0.15, 0.2) is 0 Å². The molecule has 82 valence electrons. The Morgan fingerprint density at radius 3 is 2.43 bits per heavy atom. The Morgan fingerprint density at radius 2 is 1.93 bits per heavy atom. The molecule has 1 aliphatic rings. The van der Waals surface area contributed by atoms with Crippen LogP contribution in [0.1, 0.15) is 53.4 Å². The molecule has 0 aromatic heterocycles. The van der Waals surface area contributed by atoms with Crippen LogP contribution in [-0.4, -0.2) is 0 Å². The standard InChI is InChI=1S/C14H26/c1-5-11(3)12(4)8-7-9-14-10-13(14)6-2/h7,9,11-14H,5-6,8,10H2,1-4H3. The summed E-state index contributed by atoms with van der Waals surface area (Å²) in [7, 11) is 0. The van der Waals surface area contributed by atoms with Crippen molar-refractivity contribution >= 4 is 0 Å². The topological polar surface area (TPSA) is 0 Å². The maximum atomic E-state index is 2.47. The second kappa shape index (κ2) is 5.58. The van der Waals surface area contributed by atoms with Crippen molar-refractivity contribution in [1.29, 1.82) is 0 Å². The van der Waals surface area contributed by atoms with Gasteiger partial charge < -0.3 is 0 Å². The average molecular weight is 194 g/mol. The predicted octanol–water partition coefficient (Wildman–Crippen LogP) is 4.66. The Labute approximate surface area is 89.8 Å². The molecule has 0 heteroatoms. The van der Waals surface area contributed by atoms with Crippen LogP contribution in [0.15, 0.2) is 12.2 Å².